The lowest BCUT2D eigenvalue weighted by molar-refractivity contribution is -0.288. The molecule has 0 aromatic heterocycles. The number of aliphatic hydroxyl groups excluding tert-OH is 3. The van der Waals surface area contributed by atoms with Crippen LogP contribution in [-0.2, 0) is 33.3 Å². The van der Waals surface area contributed by atoms with Crippen molar-refractivity contribution in [2.24, 2.45) is 11.8 Å². The van der Waals surface area contributed by atoms with Crippen molar-refractivity contribution in [3.05, 3.63) is 59.7 Å². The third-order valence-electron chi connectivity index (χ3n) is 8.94. The minimum Gasteiger partial charge on any atom is -0.460 e. The van der Waals surface area contributed by atoms with Crippen LogP contribution in [0, 0.1) is 11.8 Å². The summed E-state index contributed by atoms with van der Waals surface area (Å²) >= 11 is 0. The number of fused-ring (bicyclic) bond motifs is 3. The Labute approximate surface area is 292 Å². The molecule has 1 aliphatic carbocycles. The van der Waals surface area contributed by atoms with Crippen LogP contribution < -0.4 is 10.6 Å². The van der Waals surface area contributed by atoms with Crippen molar-refractivity contribution in [2.45, 2.75) is 102 Å². The van der Waals surface area contributed by atoms with E-state index in [1.54, 1.807) is 34.6 Å². The van der Waals surface area contributed by atoms with E-state index in [9.17, 15) is 34.5 Å². The maximum atomic E-state index is 13.6. The molecule has 0 radical (unpaired) electrons. The highest BCUT2D eigenvalue weighted by molar-refractivity contribution is 5.91. The Morgan fingerprint density at radius 3 is 2.06 bits per heavy atom. The molecule has 13 heteroatoms. The van der Waals surface area contributed by atoms with Gasteiger partial charge >= 0.3 is 12.1 Å². The van der Waals surface area contributed by atoms with Crippen molar-refractivity contribution in [1.82, 2.24) is 10.6 Å². The van der Waals surface area contributed by atoms with Gasteiger partial charge < -0.3 is 44.9 Å². The zero-order valence-electron chi connectivity index (χ0n) is 29.5. The summed E-state index contributed by atoms with van der Waals surface area (Å²) in [6.07, 6.45) is -8.04. The van der Waals surface area contributed by atoms with Gasteiger partial charge in [-0.2, -0.15) is 0 Å². The Balaban J connectivity index is 1.36. The highest BCUT2D eigenvalue weighted by Gasteiger charge is 2.44. The number of ether oxygens (including phenoxy) is 4. The molecule has 1 heterocycles. The normalized spacial score (nSPS) is 23.0. The van der Waals surface area contributed by atoms with Gasteiger partial charge in [-0.3, -0.25) is 14.4 Å². The number of alkyl carbamates (subject to hydrolysis) is 1. The molecule has 1 fully saturated rings. The number of hydrogen-bond donors (Lipinski definition) is 5. The highest BCUT2D eigenvalue weighted by Crippen LogP contribution is 2.44. The molecular weight excluding hydrogens is 648 g/mol. The third kappa shape index (κ3) is 9.67. The fraction of sp³-hybridized carbons (Fsp3) is 0.568. The molecule has 2 aromatic rings. The van der Waals surface area contributed by atoms with Gasteiger partial charge in [0.1, 0.15) is 36.6 Å². The van der Waals surface area contributed by atoms with Crippen molar-refractivity contribution in [3.63, 3.8) is 0 Å². The summed E-state index contributed by atoms with van der Waals surface area (Å²) in [5.41, 5.74) is 3.44. The summed E-state index contributed by atoms with van der Waals surface area (Å²) in [5.74, 6) is -3.07. The van der Waals surface area contributed by atoms with Crippen LogP contribution in [-0.4, -0.2) is 102 Å². The molecule has 1 saturated heterocycles. The average molecular weight is 699 g/mol. The number of carbonyl (C=O) groups is 4. The zero-order chi connectivity index (χ0) is 36.7. The summed E-state index contributed by atoms with van der Waals surface area (Å²) < 4.78 is 21.7. The first kappa shape index (κ1) is 38.9. The highest BCUT2D eigenvalue weighted by atomic mass is 16.7. The van der Waals surface area contributed by atoms with E-state index in [-0.39, 0.29) is 44.2 Å². The first-order valence-corrected chi connectivity index (χ1v) is 17.0. The van der Waals surface area contributed by atoms with Gasteiger partial charge in [0, 0.05) is 32.4 Å². The first-order chi connectivity index (χ1) is 23.6. The third-order valence-corrected chi connectivity index (χ3v) is 8.94. The van der Waals surface area contributed by atoms with Crippen molar-refractivity contribution in [3.8, 4) is 11.1 Å². The standard InChI is InChI=1S/C37H50N2O11/c1-20(2)30(39-36(46)48-19-26-24-13-9-7-11-22(24)23-12-8-10-14-25(23)26)27(40)17-21(34(45)50-37(3,4)5)15-16-29(41)38-18-28-31(42)32(43)33(44)35(47-6)49-28/h7-14,20-21,26,28,30-33,35,42-44H,15-19H2,1-6H3,(H,38,41)(H,39,46)/t21-,28-,30+,31-,32+,33-,35-/m1/s1. The summed E-state index contributed by atoms with van der Waals surface area (Å²) in [7, 11) is 1.27. The van der Waals surface area contributed by atoms with Gasteiger partial charge in [-0.25, -0.2) is 4.79 Å². The van der Waals surface area contributed by atoms with Gasteiger partial charge in [0.15, 0.2) is 12.1 Å². The van der Waals surface area contributed by atoms with Crippen molar-refractivity contribution in [1.29, 1.82) is 0 Å². The number of aliphatic hydroxyl groups is 3. The van der Waals surface area contributed by atoms with Crippen LogP contribution in [0.5, 0.6) is 0 Å². The van der Waals surface area contributed by atoms with Crippen LogP contribution in [0.4, 0.5) is 4.79 Å². The molecule has 0 saturated carbocycles. The van der Waals surface area contributed by atoms with E-state index >= 15 is 0 Å². The molecule has 5 N–H and O–H groups in total. The van der Waals surface area contributed by atoms with Crippen LogP contribution in [0.25, 0.3) is 11.1 Å². The van der Waals surface area contributed by atoms with Crippen LogP contribution in [0.3, 0.4) is 0 Å². The Morgan fingerprint density at radius 1 is 0.900 bits per heavy atom. The predicted octanol–water partition coefficient (Wildman–Crippen LogP) is 2.82. The largest absolute Gasteiger partial charge is 0.460 e. The molecule has 7 atom stereocenters. The Morgan fingerprint density at radius 2 is 1.50 bits per heavy atom. The molecule has 274 valence electrons. The van der Waals surface area contributed by atoms with E-state index in [4.69, 9.17) is 18.9 Å². The molecule has 0 unspecified atom stereocenters. The molecule has 50 heavy (non-hydrogen) atoms. The van der Waals surface area contributed by atoms with Crippen LogP contribution in [0.2, 0.25) is 0 Å². The quantitative estimate of drug-likeness (QED) is 0.183. The summed E-state index contributed by atoms with van der Waals surface area (Å²) in [5, 5.41) is 35.6. The SMILES string of the molecule is CO[C@@H]1O[C@H](CNC(=O)CC[C@H](CC(=O)[C@@H](NC(=O)OCC2c3ccccc3-c3ccccc32)C(C)C)C(=O)OC(C)(C)C)[C@@H](O)[C@H](O)[C@H]1O. The summed E-state index contributed by atoms with van der Waals surface area (Å²) in [6, 6.07) is 15.0. The van der Waals surface area contributed by atoms with E-state index in [1.165, 1.54) is 7.11 Å². The van der Waals surface area contributed by atoms with E-state index in [2.05, 4.69) is 10.6 Å². The van der Waals surface area contributed by atoms with Crippen LogP contribution in [0.1, 0.15) is 70.9 Å². The van der Waals surface area contributed by atoms with Gasteiger partial charge in [0.2, 0.25) is 5.91 Å². The number of amides is 2. The molecule has 0 bridgehead atoms. The average Bonchev–Trinajstić information content (AvgIpc) is 3.39. The summed E-state index contributed by atoms with van der Waals surface area (Å²) in [6.45, 7) is 8.49. The molecular formula is C37H50N2O11. The summed E-state index contributed by atoms with van der Waals surface area (Å²) in [4.78, 5) is 52.7. The van der Waals surface area contributed by atoms with E-state index in [0.717, 1.165) is 22.3 Å². The minimum atomic E-state index is -1.55. The van der Waals surface area contributed by atoms with Gasteiger partial charge in [-0.1, -0.05) is 62.4 Å². The molecule has 1 aliphatic heterocycles. The lowest BCUT2D eigenvalue weighted by atomic mass is 9.90. The number of Topliss-reactive ketones (excluding diaryl/α,β-unsaturated/α-hetero) is 1. The Hall–Kier alpha value is -3.88. The Bertz CT molecular complexity index is 1460. The lowest BCUT2D eigenvalue weighted by Crippen LogP contribution is -2.60. The fourth-order valence-electron chi connectivity index (χ4n) is 6.33. The van der Waals surface area contributed by atoms with Gasteiger partial charge in [0.25, 0.3) is 0 Å². The number of rotatable bonds is 14. The van der Waals surface area contributed by atoms with Gasteiger partial charge in [-0.05, 0) is 55.4 Å². The number of methoxy groups -OCH3 is 1. The maximum absolute atomic E-state index is 13.6. The molecule has 2 aliphatic rings. The van der Waals surface area contributed by atoms with Gasteiger partial charge in [0.05, 0.1) is 12.0 Å². The second kappa shape index (κ2) is 16.9. The zero-order valence-corrected chi connectivity index (χ0v) is 29.5. The minimum absolute atomic E-state index is 0.0433. The van der Waals surface area contributed by atoms with Crippen molar-refractivity contribution in [2.75, 3.05) is 20.3 Å². The van der Waals surface area contributed by atoms with Crippen molar-refractivity contribution >= 4 is 23.8 Å². The molecule has 2 aromatic carbocycles. The van der Waals surface area contributed by atoms with E-state index < -0.39 is 72.0 Å². The van der Waals surface area contributed by atoms with E-state index in [0.29, 0.717) is 0 Å². The first-order valence-electron chi connectivity index (χ1n) is 17.0. The topological polar surface area (TPSA) is 190 Å². The molecule has 2 amide bonds. The lowest BCUT2D eigenvalue weighted by Gasteiger charge is -2.39. The molecule has 13 nitrogen and oxygen atoms in total. The number of ketones is 1. The molecule has 0 spiro atoms. The second-order valence-corrected chi connectivity index (χ2v) is 14.2. The molecule has 4 rings (SSSR count). The monoisotopic (exact) mass is 698 g/mol. The fourth-order valence-corrected chi connectivity index (χ4v) is 6.33. The number of hydrogen-bond acceptors (Lipinski definition) is 11. The maximum Gasteiger partial charge on any atom is 0.407 e. The number of esters is 1. The van der Waals surface area contributed by atoms with E-state index in [1.807, 2.05) is 48.5 Å². The Kier molecular flexibility index (Phi) is 13.1. The number of nitrogens with one attached hydrogen (secondary N) is 2. The number of benzene rings is 2. The van der Waals surface area contributed by atoms with Crippen LogP contribution >= 0.6 is 0 Å². The second-order valence-electron chi connectivity index (χ2n) is 14.2. The smallest absolute Gasteiger partial charge is 0.407 e. The van der Waals surface area contributed by atoms with Crippen LogP contribution in [0.15, 0.2) is 48.5 Å². The van der Waals surface area contributed by atoms with Crippen molar-refractivity contribution < 1.29 is 53.4 Å². The number of carbonyl (C=O) groups excluding carboxylic acids is 4. The predicted molar refractivity (Wildman–Crippen MR) is 182 cm³/mol. The van der Waals surface area contributed by atoms with Gasteiger partial charge in [-0.15, -0.1) is 0 Å².